The zero-order valence-corrected chi connectivity index (χ0v) is 14.2. The molecular weight excluding hydrogens is 292 g/mol. The van der Waals surface area contributed by atoms with Gasteiger partial charge in [-0.15, -0.1) is 0 Å². The van der Waals surface area contributed by atoms with Crippen LogP contribution in [0, 0.1) is 5.92 Å². The number of morpholine rings is 1. The first-order chi connectivity index (χ1) is 11.1. The first kappa shape index (κ1) is 17.6. The Hall–Kier alpha value is -1.75. The van der Waals surface area contributed by atoms with E-state index in [1.165, 1.54) is 0 Å². The van der Waals surface area contributed by atoms with E-state index in [4.69, 9.17) is 15.2 Å². The van der Waals surface area contributed by atoms with Gasteiger partial charge in [0.05, 0.1) is 25.5 Å². The fourth-order valence-electron chi connectivity index (χ4n) is 2.51. The van der Waals surface area contributed by atoms with Gasteiger partial charge in [0, 0.05) is 19.5 Å². The quantitative estimate of drug-likeness (QED) is 0.784. The van der Waals surface area contributed by atoms with Gasteiger partial charge in [-0.2, -0.15) is 0 Å². The summed E-state index contributed by atoms with van der Waals surface area (Å²) >= 11 is 0. The lowest BCUT2D eigenvalue weighted by molar-refractivity contribution is -0.135. The summed E-state index contributed by atoms with van der Waals surface area (Å²) in [6.45, 7) is 7.69. The van der Waals surface area contributed by atoms with E-state index in [0.717, 1.165) is 17.7 Å². The molecule has 5 nitrogen and oxygen atoms in total. The standard InChI is InChI=1S/C18H28N2O3/c1-14(2)7-10-23-17-5-3-15(13-16(17)19)4-6-18(21)20-8-11-22-12-9-20/h3,5,13-14H,4,6-12,19H2,1-2H3. The lowest BCUT2D eigenvalue weighted by Crippen LogP contribution is -2.40. The van der Waals surface area contributed by atoms with Crippen molar-refractivity contribution in [3.8, 4) is 5.75 Å². The van der Waals surface area contributed by atoms with Crippen molar-refractivity contribution in [2.45, 2.75) is 33.1 Å². The minimum Gasteiger partial charge on any atom is -0.491 e. The third-order valence-corrected chi connectivity index (χ3v) is 4.02. The molecule has 0 aromatic heterocycles. The van der Waals surface area contributed by atoms with Crippen molar-refractivity contribution in [2.24, 2.45) is 5.92 Å². The summed E-state index contributed by atoms with van der Waals surface area (Å²) in [4.78, 5) is 14.0. The molecular formula is C18H28N2O3. The SMILES string of the molecule is CC(C)CCOc1ccc(CCC(=O)N2CCOCC2)cc1N. The van der Waals surface area contributed by atoms with Crippen LogP contribution in [-0.2, 0) is 16.0 Å². The zero-order chi connectivity index (χ0) is 16.7. The van der Waals surface area contributed by atoms with Crippen LogP contribution in [0.15, 0.2) is 18.2 Å². The number of nitrogens with two attached hydrogens (primary N) is 1. The van der Waals surface area contributed by atoms with Gasteiger partial charge in [-0.25, -0.2) is 0 Å². The van der Waals surface area contributed by atoms with Crippen LogP contribution < -0.4 is 10.5 Å². The molecule has 5 heteroatoms. The summed E-state index contributed by atoms with van der Waals surface area (Å²) < 4.78 is 11.0. The van der Waals surface area contributed by atoms with E-state index in [1.54, 1.807) is 0 Å². The second kappa shape index (κ2) is 8.77. The Morgan fingerprint density at radius 2 is 2.09 bits per heavy atom. The summed E-state index contributed by atoms with van der Waals surface area (Å²) in [5.41, 5.74) is 7.76. The van der Waals surface area contributed by atoms with Gasteiger partial charge < -0.3 is 20.1 Å². The van der Waals surface area contributed by atoms with Gasteiger partial charge in [-0.3, -0.25) is 4.79 Å². The van der Waals surface area contributed by atoms with Crippen LogP contribution in [0.5, 0.6) is 5.75 Å². The van der Waals surface area contributed by atoms with Crippen LogP contribution in [0.2, 0.25) is 0 Å². The van der Waals surface area contributed by atoms with E-state index in [2.05, 4.69) is 13.8 Å². The van der Waals surface area contributed by atoms with Gasteiger partial charge in [0.25, 0.3) is 0 Å². The van der Waals surface area contributed by atoms with Gasteiger partial charge >= 0.3 is 0 Å². The maximum absolute atomic E-state index is 12.1. The summed E-state index contributed by atoms with van der Waals surface area (Å²) in [6.07, 6.45) is 2.22. The molecule has 1 aliphatic rings. The third kappa shape index (κ3) is 5.75. The van der Waals surface area contributed by atoms with Crippen molar-refractivity contribution in [1.82, 2.24) is 4.90 Å². The molecule has 0 bridgehead atoms. The van der Waals surface area contributed by atoms with E-state index < -0.39 is 0 Å². The van der Waals surface area contributed by atoms with Crippen LogP contribution in [0.1, 0.15) is 32.3 Å². The van der Waals surface area contributed by atoms with Gasteiger partial charge in [-0.1, -0.05) is 19.9 Å². The van der Waals surface area contributed by atoms with Crippen LogP contribution in [0.3, 0.4) is 0 Å². The number of aryl methyl sites for hydroxylation is 1. The molecule has 1 saturated heterocycles. The minimum atomic E-state index is 0.184. The number of nitrogen functional groups attached to an aromatic ring is 1. The lowest BCUT2D eigenvalue weighted by Gasteiger charge is -2.26. The number of hydrogen-bond donors (Lipinski definition) is 1. The molecule has 1 aromatic carbocycles. The Kier molecular flexibility index (Phi) is 6.71. The molecule has 0 saturated carbocycles. The lowest BCUT2D eigenvalue weighted by atomic mass is 10.1. The van der Waals surface area contributed by atoms with Crippen LogP contribution >= 0.6 is 0 Å². The molecule has 0 unspecified atom stereocenters. The number of rotatable bonds is 7. The van der Waals surface area contributed by atoms with E-state index in [9.17, 15) is 4.79 Å². The highest BCUT2D eigenvalue weighted by Crippen LogP contribution is 2.24. The fourth-order valence-corrected chi connectivity index (χ4v) is 2.51. The summed E-state index contributed by atoms with van der Waals surface area (Å²) in [6, 6.07) is 5.81. The predicted molar refractivity (Wildman–Crippen MR) is 91.5 cm³/mol. The van der Waals surface area contributed by atoms with Gasteiger partial charge in [0.15, 0.2) is 0 Å². The maximum atomic E-state index is 12.1. The number of carbonyl (C=O) groups is 1. The van der Waals surface area contributed by atoms with Crippen molar-refractivity contribution in [3.63, 3.8) is 0 Å². The molecule has 0 radical (unpaired) electrons. The van der Waals surface area contributed by atoms with Crippen molar-refractivity contribution in [2.75, 3.05) is 38.6 Å². The number of carbonyl (C=O) groups excluding carboxylic acids is 1. The number of amides is 1. The Bertz CT molecular complexity index is 511. The molecule has 1 amide bonds. The highest BCUT2D eigenvalue weighted by atomic mass is 16.5. The molecule has 0 atom stereocenters. The zero-order valence-electron chi connectivity index (χ0n) is 14.2. The Morgan fingerprint density at radius 1 is 1.35 bits per heavy atom. The van der Waals surface area contributed by atoms with Crippen molar-refractivity contribution >= 4 is 11.6 Å². The van der Waals surface area contributed by atoms with Crippen LogP contribution in [0.4, 0.5) is 5.69 Å². The molecule has 23 heavy (non-hydrogen) atoms. The average molecular weight is 320 g/mol. The van der Waals surface area contributed by atoms with Crippen molar-refractivity contribution in [3.05, 3.63) is 23.8 Å². The molecule has 1 aromatic rings. The fraction of sp³-hybridized carbons (Fsp3) is 0.611. The van der Waals surface area contributed by atoms with Crippen LogP contribution in [-0.4, -0.2) is 43.7 Å². The van der Waals surface area contributed by atoms with E-state index in [1.807, 2.05) is 23.1 Å². The second-order valence-electron chi connectivity index (χ2n) is 6.40. The molecule has 1 heterocycles. The molecule has 2 rings (SSSR count). The van der Waals surface area contributed by atoms with Gasteiger partial charge in [0.1, 0.15) is 5.75 Å². The van der Waals surface area contributed by atoms with E-state index in [0.29, 0.717) is 57.4 Å². The minimum absolute atomic E-state index is 0.184. The largest absolute Gasteiger partial charge is 0.491 e. The smallest absolute Gasteiger partial charge is 0.223 e. The van der Waals surface area contributed by atoms with Gasteiger partial charge in [-0.05, 0) is 36.5 Å². The Balaban J connectivity index is 1.81. The van der Waals surface area contributed by atoms with Gasteiger partial charge in [0.2, 0.25) is 5.91 Å². The molecule has 2 N–H and O–H groups in total. The van der Waals surface area contributed by atoms with Crippen molar-refractivity contribution < 1.29 is 14.3 Å². The van der Waals surface area contributed by atoms with E-state index in [-0.39, 0.29) is 5.91 Å². The third-order valence-electron chi connectivity index (χ3n) is 4.02. The second-order valence-corrected chi connectivity index (χ2v) is 6.40. The molecule has 0 spiro atoms. The number of anilines is 1. The summed E-state index contributed by atoms with van der Waals surface area (Å²) in [5.74, 6) is 1.53. The molecule has 0 aliphatic carbocycles. The average Bonchev–Trinajstić information content (AvgIpc) is 2.55. The van der Waals surface area contributed by atoms with E-state index >= 15 is 0 Å². The first-order valence-corrected chi connectivity index (χ1v) is 8.43. The summed E-state index contributed by atoms with van der Waals surface area (Å²) in [5, 5.41) is 0. The maximum Gasteiger partial charge on any atom is 0.223 e. The topological polar surface area (TPSA) is 64.8 Å². The number of nitrogens with zero attached hydrogens (tertiary/aromatic N) is 1. The van der Waals surface area contributed by atoms with Crippen LogP contribution in [0.25, 0.3) is 0 Å². The normalized spacial score (nSPS) is 15.0. The highest BCUT2D eigenvalue weighted by molar-refractivity contribution is 5.76. The Labute approximate surface area is 138 Å². The number of hydrogen-bond acceptors (Lipinski definition) is 4. The molecule has 1 fully saturated rings. The molecule has 1 aliphatic heterocycles. The summed E-state index contributed by atoms with van der Waals surface area (Å²) in [7, 11) is 0. The van der Waals surface area contributed by atoms with Crippen molar-refractivity contribution in [1.29, 1.82) is 0 Å². The Morgan fingerprint density at radius 3 is 2.74 bits per heavy atom. The number of ether oxygens (including phenoxy) is 2. The number of benzene rings is 1. The molecule has 128 valence electrons. The first-order valence-electron chi connectivity index (χ1n) is 8.43. The predicted octanol–water partition coefficient (Wildman–Crippen LogP) is 2.49. The highest BCUT2D eigenvalue weighted by Gasteiger charge is 2.16. The monoisotopic (exact) mass is 320 g/mol.